The topological polar surface area (TPSA) is 108 Å². The van der Waals surface area contributed by atoms with Crippen LogP contribution in [0.2, 0.25) is 0 Å². The second-order valence-corrected chi connectivity index (χ2v) is 13.0. The van der Waals surface area contributed by atoms with Crippen LogP contribution in [0.25, 0.3) is 0 Å². The molecule has 2 atom stereocenters. The molecule has 1 N–H and O–H groups in total. The number of hydrogen-bond acceptors (Lipinski definition) is 9. The molecule has 206 valence electrons. The van der Waals surface area contributed by atoms with Gasteiger partial charge in [-0.15, -0.1) is 0 Å². The molecule has 11 heteroatoms. The maximum absolute atomic E-state index is 12.2. The lowest BCUT2D eigenvalue weighted by Gasteiger charge is -2.43. The molecule has 1 aromatic heterocycles. The first-order chi connectivity index (χ1) is 19.1. The number of nitrogens with zero attached hydrogens (tertiary/aromatic N) is 5. The van der Waals surface area contributed by atoms with E-state index in [-0.39, 0.29) is 29.4 Å². The summed E-state index contributed by atoms with van der Waals surface area (Å²) in [7, 11) is -3.02. The van der Waals surface area contributed by atoms with Gasteiger partial charge in [-0.05, 0) is 50.3 Å². The molecule has 4 aliphatic heterocycles. The van der Waals surface area contributed by atoms with Crippen molar-refractivity contribution >= 4 is 33.1 Å². The molecule has 1 aromatic carbocycles. The first-order valence-corrected chi connectivity index (χ1v) is 15.2. The fraction of sp³-hybridized carbons (Fsp3) is 0.536. The van der Waals surface area contributed by atoms with Gasteiger partial charge in [-0.2, -0.15) is 0 Å². The maximum Gasteiger partial charge on any atom is 0.298 e. The largest absolute Gasteiger partial charge is 0.483 e. The summed E-state index contributed by atoms with van der Waals surface area (Å²) < 4.78 is 39.4. The van der Waals surface area contributed by atoms with Gasteiger partial charge >= 0.3 is 0 Å². The van der Waals surface area contributed by atoms with Gasteiger partial charge in [0.05, 0.1) is 22.8 Å². The highest BCUT2D eigenvalue weighted by molar-refractivity contribution is 7.91. The third-order valence-electron chi connectivity index (χ3n) is 8.12. The van der Waals surface area contributed by atoms with Crippen LogP contribution in [0, 0.1) is 18.8 Å². The highest BCUT2D eigenvalue weighted by Crippen LogP contribution is 2.45. The second-order valence-electron chi connectivity index (χ2n) is 10.7. The summed E-state index contributed by atoms with van der Waals surface area (Å²) in [6, 6.07) is 3.49. The van der Waals surface area contributed by atoms with E-state index in [2.05, 4.69) is 44.2 Å². The number of rotatable bonds is 3. The number of aryl methyl sites for hydroxylation is 1. The molecule has 0 spiro atoms. The molecule has 5 heterocycles. The molecule has 39 heavy (non-hydrogen) atoms. The number of sulfone groups is 1. The summed E-state index contributed by atoms with van der Waals surface area (Å²) in [4.78, 5) is 27.1. The number of ether oxygens (including phenoxy) is 1. The van der Waals surface area contributed by atoms with Gasteiger partial charge < -0.3 is 19.9 Å². The molecular weight excluding hydrogens is 516 g/mol. The van der Waals surface area contributed by atoms with E-state index in [1.807, 2.05) is 18.7 Å². The fourth-order valence-electron chi connectivity index (χ4n) is 5.89. The second kappa shape index (κ2) is 9.99. The Morgan fingerprint density at radius 1 is 1.18 bits per heavy atom. The molecular formula is C28H34N6O4S. The van der Waals surface area contributed by atoms with Crippen molar-refractivity contribution in [2.24, 2.45) is 0 Å². The molecule has 0 aliphatic carbocycles. The number of hydrogen-bond donors (Lipinski definition) is 1. The highest BCUT2D eigenvalue weighted by Gasteiger charge is 2.38. The molecule has 1 amide bonds. The molecule has 10 nitrogen and oxygen atoms in total. The molecule has 0 radical (unpaired) electrons. The normalized spacial score (nSPS) is 26.5. The van der Waals surface area contributed by atoms with E-state index in [0.29, 0.717) is 44.2 Å². The number of nitrogens with one attached hydrogen (secondary N) is 1. The van der Waals surface area contributed by atoms with Crippen LogP contribution in [0.5, 0.6) is 5.75 Å². The van der Waals surface area contributed by atoms with Crippen LogP contribution in [0.3, 0.4) is 0 Å². The summed E-state index contributed by atoms with van der Waals surface area (Å²) in [5, 5.41) is 3.49. The number of amides is 1. The smallest absolute Gasteiger partial charge is 0.298 e. The number of carbonyl (C=O) groups is 1. The minimum atomic E-state index is -3.02. The summed E-state index contributed by atoms with van der Waals surface area (Å²) in [6.45, 7) is 8.88. The Morgan fingerprint density at radius 3 is 2.69 bits per heavy atom. The molecule has 2 aromatic rings. The van der Waals surface area contributed by atoms with Crippen molar-refractivity contribution in [3.8, 4) is 17.6 Å². The van der Waals surface area contributed by atoms with Gasteiger partial charge in [-0.25, -0.2) is 18.4 Å². The van der Waals surface area contributed by atoms with Crippen LogP contribution < -0.4 is 15.0 Å². The average Bonchev–Trinajstić information content (AvgIpc) is 3.20. The zero-order chi connectivity index (χ0) is 28.2. The lowest BCUT2D eigenvalue weighted by Crippen LogP contribution is -2.51. The highest BCUT2D eigenvalue weighted by atomic mass is 32.2. The van der Waals surface area contributed by atoms with E-state index < -0.39 is 15.9 Å². The van der Waals surface area contributed by atoms with E-state index in [9.17, 15) is 13.2 Å². The van der Waals surface area contributed by atoms with Gasteiger partial charge in [0.15, 0.2) is 9.84 Å². The molecule has 0 unspecified atom stereocenters. The zero-order valence-corrected chi connectivity index (χ0v) is 23.3. The van der Waals surface area contributed by atoms with E-state index in [4.69, 9.17) is 6.11 Å². The Labute approximate surface area is 231 Å². The van der Waals surface area contributed by atoms with Gasteiger partial charge in [0.25, 0.3) is 5.91 Å². The Hall–Kier alpha value is -3.36. The fourth-order valence-corrected chi connectivity index (χ4v) is 7.10. The third kappa shape index (κ3) is 4.92. The maximum atomic E-state index is 12.2. The summed E-state index contributed by atoms with van der Waals surface area (Å²) in [5.74, 6) is 7.66. The van der Waals surface area contributed by atoms with E-state index in [0.717, 1.165) is 35.7 Å². The minimum Gasteiger partial charge on any atom is -0.483 e. The predicted molar refractivity (Wildman–Crippen MR) is 149 cm³/mol. The van der Waals surface area contributed by atoms with Gasteiger partial charge in [-0.1, -0.05) is 12.0 Å². The van der Waals surface area contributed by atoms with Crippen molar-refractivity contribution in [2.45, 2.75) is 45.2 Å². The Kier molecular flexibility index (Phi) is 6.32. The van der Waals surface area contributed by atoms with Crippen LogP contribution in [0.4, 0.5) is 17.3 Å². The van der Waals surface area contributed by atoms with Crippen molar-refractivity contribution in [1.82, 2.24) is 19.8 Å². The standard InChI is InChI=1S/C28H34N6O4S/c1-4-5-24(35)33-7-6-22(16-33)34-14-21(15-34)20-12-18(2)26-23(13-20)31-27-25(19(3)38-26)28(30-17-29-27)32-8-10-39(36,37)11-9-32/h12-13,17,19,21-22H,6-11,14-16H2,1-3H3,(H,29,30,31)/t19-,22+/m1/s1/i22D. The predicted octanol–water partition coefficient (Wildman–Crippen LogP) is 2.24. The number of likely N-dealkylation sites (tertiary alicyclic amines) is 2. The van der Waals surface area contributed by atoms with Crippen LogP contribution in [0.1, 0.15) is 50.4 Å². The number of aromatic nitrogens is 2. The Bertz CT molecular complexity index is 1520. The summed E-state index contributed by atoms with van der Waals surface area (Å²) in [5.41, 5.74) is 3.83. The molecule has 3 fully saturated rings. The molecule has 4 aliphatic rings. The Morgan fingerprint density at radius 2 is 1.95 bits per heavy atom. The van der Waals surface area contributed by atoms with Gasteiger partial charge in [0, 0.05) is 52.6 Å². The van der Waals surface area contributed by atoms with Crippen molar-refractivity contribution in [3.63, 3.8) is 0 Å². The van der Waals surface area contributed by atoms with Gasteiger partial charge in [0.1, 0.15) is 29.8 Å². The number of benzene rings is 1. The number of carbonyl (C=O) groups excluding carboxylic acids is 1. The quantitative estimate of drug-likeness (QED) is 0.575. The van der Waals surface area contributed by atoms with Crippen molar-refractivity contribution in [3.05, 3.63) is 35.2 Å². The molecule has 6 rings (SSSR count). The third-order valence-corrected chi connectivity index (χ3v) is 9.73. The average molecular weight is 552 g/mol. The number of anilines is 3. The minimum absolute atomic E-state index is 0.107. The van der Waals surface area contributed by atoms with Crippen molar-refractivity contribution in [2.75, 3.05) is 61.0 Å². The lowest BCUT2D eigenvalue weighted by molar-refractivity contribution is -0.124. The monoisotopic (exact) mass is 551 g/mol. The van der Waals surface area contributed by atoms with Crippen LogP contribution in [-0.4, -0.2) is 90.9 Å². The number of fused-ring (bicyclic) bond motifs is 2. The first kappa shape index (κ1) is 24.7. The van der Waals surface area contributed by atoms with Gasteiger partial charge in [0.2, 0.25) is 0 Å². The van der Waals surface area contributed by atoms with Crippen LogP contribution in [0.15, 0.2) is 18.5 Å². The van der Waals surface area contributed by atoms with Gasteiger partial charge in [-0.3, -0.25) is 9.69 Å². The van der Waals surface area contributed by atoms with Crippen LogP contribution >= 0.6 is 0 Å². The van der Waals surface area contributed by atoms with Crippen molar-refractivity contribution in [1.29, 1.82) is 0 Å². The first-order valence-electron chi connectivity index (χ1n) is 13.9. The van der Waals surface area contributed by atoms with Crippen molar-refractivity contribution < 1.29 is 19.3 Å². The van der Waals surface area contributed by atoms with E-state index in [1.165, 1.54) is 11.9 Å². The van der Waals surface area contributed by atoms with E-state index >= 15 is 0 Å². The lowest BCUT2D eigenvalue weighted by atomic mass is 9.88. The van der Waals surface area contributed by atoms with E-state index in [1.54, 1.807) is 11.8 Å². The molecule has 3 saturated heterocycles. The molecule has 0 bridgehead atoms. The summed E-state index contributed by atoms with van der Waals surface area (Å²) in [6.07, 6.45) is 1.79. The Balaban J connectivity index is 1.21. The van der Waals surface area contributed by atoms with Crippen LogP contribution in [-0.2, 0) is 14.6 Å². The summed E-state index contributed by atoms with van der Waals surface area (Å²) >= 11 is 0. The molecule has 0 saturated carbocycles. The SMILES string of the molecule is [2H][C@]1(N2CC(c3cc(C)c4c(c3)Nc3ncnc(N5CCS(=O)(=O)CC5)c3[C@@H](C)O4)C2)CCN(C(=O)C#CC)C1. The zero-order valence-electron chi connectivity index (χ0n) is 23.5.